The molecule has 8 nitrogen and oxygen atoms in total. The molecule has 2 heterocycles. The summed E-state index contributed by atoms with van der Waals surface area (Å²) in [6, 6.07) is 8.43. The molecule has 158 valence electrons. The van der Waals surface area contributed by atoms with Crippen molar-refractivity contribution in [2.45, 2.75) is 38.6 Å². The van der Waals surface area contributed by atoms with Crippen LogP contribution in [0.15, 0.2) is 35.2 Å². The molecule has 0 radical (unpaired) electrons. The summed E-state index contributed by atoms with van der Waals surface area (Å²) in [5.41, 5.74) is 1.96. The largest absolute Gasteiger partial charge is 0.494 e. The van der Waals surface area contributed by atoms with E-state index in [0.29, 0.717) is 51.5 Å². The first-order valence-electron chi connectivity index (χ1n) is 9.83. The Bertz CT molecular complexity index is 945. The monoisotopic (exact) mass is 420 g/mol. The molecule has 3 rings (SSSR count). The highest BCUT2D eigenvalue weighted by atomic mass is 32.2. The number of ether oxygens (including phenoxy) is 1. The quantitative estimate of drug-likeness (QED) is 0.682. The lowest BCUT2D eigenvalue weighted by atomic mass is 10.3. The first-order valence-corrected chi connectivity index (χ1v) is 11.3. The average Bonchev–Trinajstić information content (AvgIpc) is 3.04. The van der Waals surface area contributed by atoms with Crippen molar-refractivity contribution in [3.8, 4) is 5.75 Å². The fourth-order valence-electron chi connectivity index (χ4n) is 3.46. The molecule has 0 bridgehead atoms. The Morgan fingerprint density at radius 2 is 1.76 bits per heavy atom. The van der Waals surface area contributed by atoms with Gasteiger partial charge in [-0.1, -0.05) is 0 Å². The lowest BCUT2D eigenvalue weighted by Gasteiger charge is -2.34. The molecule has 0 aliphatic carbocycles. The van der Waals surface area contributed by atoms with E-state index in [0.717, 1.165) is 11.4 Å². The van der Waals surface area contributed by atoms with Crippen LogP contribution in [0.4, 0.5) is 0 Å². The maximum atomic E-state index is 12.9. The summed E-state index contributed by atoms with van der Waals surface area (Å²) >= 11 is 0. The SMILES string of the molecule is CCOc1ccc(S(=O)(=O)N2CCN(C(=O)CCn3nc(C)cc3C)CC2)cc1. The number of aromatic nitrogens is 2. The number of piperazine rings is 1. The fourth-order valence-corrected chi connectivity index (χ4v) is 4.88. The fraction of sp³-hybridized carbons (Fsp3) is 0.500. The van der Waals surface area contributed by atoms with Crippen LogP contribution in [0.5, 0.6) is 5.75 Å². The Balaban J connectivity index is 1.54. The molecule has 1 aromatic carbocycles. The average molecular weight is 421 g/mol. The van der Waals surface area contributed by atoms with E-state index in [-0.39, 0.29) is 10.8 Å². The number of sulfonamides is 1. The molecule has 2 aromatic rings. The van der Waals surface area contributed by atoms with Gasteiger partial charge < -0.3 is 9.64 Å². The zero-order valence-corrected chi connectivity index (χ0v) is 18.0. The predicted molar refractivity (Wildman–Crippen MR) is 109 cm³/mol. The maximum absolute atomic E-state index is 12.9. The second-order valence-electron chi connectivity index (χ2n) is 7.09. The van der Waals surface area contributed by atoms with Crippen molar-refractivity contribution in [2.24, 2.45) is 0 Å². The molecule has 0 atom stereocenters. The summed E-state index contributed by atoms with van der Waals surface area (Å²) in [6.45, 7) is 8.21. The Hall–Kier alpha value is -2.39. The Morgan fingerprint density at radius 1 is 1.10 bits per heavy atom. The van der Waals surface area contributed by atoms with E-state index in [1.807, 2.05) is 31.5 Å². The number of carbonyl (C=O) groups is 1. The molecular formula is C20H28N4O4S. The molecule has 0 spiro atoms. The molecular weight excluding hydrogens is 392 g/mol. The third kappa shape index (κ3) is 4.97. The Morgan fingerprint density at radius 3 is 2.31 bits per heavy atom. The number of rotatable bonds is 7. The summed E-state index contributed by atoms with van der Waals surface area (Å²) in [6.07, 6.45) is 0.355. The van der Waals surface area contributed by atoms with Gasteiger partial charge in [-0.05, 0) is 51.1 Å². The molecule has 0 saturated carbocycles. The van der Waals surface area contributed by atoms with Gasteiger partial charge >= 0.3 is 0 Å². The first kappa shape index (κ1) is 21.3. The highest BCUT2D eigenvalue weighted by molar-refractivity contribution is 7.89. The van der Waals surface area contributed by atoms with E-state index < -0.39 is 10.0 Å². The van der Waals surface area contributed by atoms with Crippen molar-refractivity contribution < 1.29 is 17.9 Å². The molecule has 29 heavy (non-hydrogen) atoms. The third-order valence-corrected chi connectivity index (χ3v) is 6.92. The minimum atomic E-state index is -3.58. The van der Waals surface area contributed by atoms with Crippen LogP contribution in [0.1, 0.15) is 24.7 Å². The maximum Gasteiger partial charge on any atom is 0.243 e. The highest BCUT2D eigenvalue weighted by Crippen LogP contribution is 2.21. The van der Waals surface area contributed by atoms with Gasteiger partial charge in [0.15, 0.2) is 0 Å². The smallest absolute Gasteiger partial charge is 0.243 e. The number of hydrogen-bond donors (Lipinski definition) is 0. The second-order valence-corrected chi connectivity index (χ2v) is 9.03. The van der Waals surface area contributed by atoms with Crippen LogP contribution in [0.3, 0.4) is 0 Å². The topological polar surface area (TPSA) is 84.7 Å². The van der Waals surface area contributed by atoms with Crippen LogP contribution in [-0.2, 0) is 21.4 Å². The zero-order chi connectivity index (χ0) is 21.0. The molecule has 0 unspecified atom stereocenters. The van der Waals surface area contributed by atoms with Gasteiger partial charge in [0.25, 0.3) is 0 Å². The van der Waals surface area contributed by atoms with Crippen molar-refractivity contribution in [3.05, 3.63) is 41.7 Å². The van der Waals surface area contributed by atoms with E-state index in [1.165, 1.54) is 4.31 Å². The van der Waals surface area contributed by atoms with Crippen LogP contribution < -0.4 is 4.74 Å². The molecule has 1 aliphatic rings. The minimum absolute atomic E-state index is 0.0238. The van der Waals surface area contributed by atoms with Crippen LogP contribution >= 0.6 is 0 Å². The third-order valence-electron chi connectivity index (χ3n) is 5.00. The summed E-state index contributed by atoms with van der Waals surface area (Å²) in [5.74, 6) is 0.667. The molecule has 1 aliphatic heterocycles. The molecule has 1 amide bonds. The van der Waals surface area contributed by atoms with Gasteiger partial charge in [0.05, 0.1) is 17.2 Å². The number of nitrogens with zero attached hydrogens (tertiary/aromatic N) is 4. The van der Waals surface area contributed by atoms with Gasteiger partial charge in [0.1, 0.15) is 5.75 Å². The van der Waals surface area contributed by atoms with Crippen molar-refractivity contribution in [1.82, 2.24) is 19.0 Å². The van der Waals surface area contributed by atoms with Crippen LogP contribution in [0.25, 0.3) is 0 Å². The van der Waals surface area contributed by atoms with Crippen molar-refractivity contribution in [3.63, 3.8) is 0 Å². The van der Waals surface area contributed by atoms with E-state index in [9.17, 15) is 13.2 Å². The summed E-state index contributed by atoms with van der Waals surface area (Å²) in [7, 11) is -3.58. The summed E-state index contributed by atoms with van der Waals surface area (Å²) in [4.78, 5) is 14.5. The van der Waals surface area contributed by atoms with Gasteiger partial charge in [-0.25, -0.2) is 8.42 Å². The van der Waals surface area contributed by atoms with Crippen molar-refractivity contribution in [2.75, 3.05) is 32.8 Å². The first-order chi connectivity index (χ1) is 13.8. The lowest BCUT2D eigenvalue weighted by Crippen LogP contribution is -2.50. The van der Waals surface area contributed by atoms with Gasteiger partial charge in [-0.3, -0.25) is 9.48 Å². The highest BCUT2D eigenvalue weighted by Gasteiger charge is 2.30. The zero-order valence-electron chi connectivity index (χ0n) is 17.2. The number of amides is 1. The van der Waals surface area contributed by atoms with E-state index in [1.54, 1.807) is 29.2 Å². The van der Waals surface area contributed by atoms with E-state index >= 15 is 0 Å². The number of aryl methyl sites for hydroxylation is 3. The molecule has 1 saturated heterocycles. The van der Waals surface area contributed by atoms with E-state index in [4.69, 9.17) is 4.74 Å². The molecule has 9 heteroatoms. The normalized spacial score (nSPS) is 15.5. The van der Waals surface area contributed by atoms with Crippen LogP contribution in [0.2, 0.25) is 0 Å². The number of benzene rings is 1. The van der Waals surface area contributed by atoms with Gasteiger partial charge in [0, 0.05) is 44.8 Å². The van der Waals surface area contributed by atoms with Crippen molar-refractivity contribution in [1.29, 1.82) is 0 Å². The Labute approximate surface area is 172 Å². The van der Waals surface area contributed by atoms with Crippen LogP contribution in [-0.4, -0.2) is 66.1 Å². The molecule has 0 N–H and O–H groups in total. The molecule has 1 fully saturated rings. The number of hydrogen-bond acceptors (Lipinski definition) is 5. The Kier molecular flexibility index (Phi) is 6.59. The minimum Gasteiger partial charge on any atom is -0.494 e. The number of carbonyl (C=O) groups excluding carboxylic acids is 1. The van der Waals surface area contributed by atoms with Gasteiger partial charge in [0.2, 0.25) is 15.9 Å². The molecule has 1 aromatic heterocycles. The summed E-state index contributed by atoms with van der Waals surface area (Å²) in [5, 5.41) is 4.37. The van der Waals surface area contributed by atoms with Gasteiger partial charge in [-0.2, -0.15) is 9.40 Å². The lowest BCUT2D eigenvalue weighted by molar-refractivity contribution is -0.132. The summed E-state index contributed by atoms with van der Waals surface area (Å²) < 4.78 is 34.3. The van der Waals surface area contributed by atoms with Crippen molar-refractivity contribution >= 4 is 15.9 Å². The standard InChI is InChI=1S/C20H28N4O4S/c1-4-28-18-5-7-19(8-6-18)29(26,27)23-13-11-22(12-14-23)20(25)9-10-24-17(3)15-16(2)21-24/h5-8,15H,4,9-14H2,1-3H3. The predicted octanol–water partition coefficient (Wildman–Crippen LogP) is 1.82. The van der Waals surface area contributed by atoms with Crippen LogP contribution in [0, 0.1) is 13.8 Å². The van der Waals surface area contributed by atoms with E-state index in [2.05, 4.69) is 5.10 Å². The van der Waals surface area contributed by atoms with Gasteiger partial charge in [-0.15, -0.1) is 0 Å². The second kappa shape index (κ2) is 8.96.